The average molecular weight is 458 g/mol. The lowest BCUT2D eigenvalue weighted by atomic mass is 9.99. The van der Waals surface area contributed by atoms with Crippen LogP contribution < -0.4 is 10.8 Å². The quantitative estimate of drug-likeness (QED) is 0.359. The number of rotatable bonds is 7. The molecule has 1 aromatic carbocycles. The number of allylic oxidation sites excluding steroid dienone is 1. The number of nitrogens with zero attached hydrogens (tertiary/aromatic N) is 3. The fraction of sp³-hybridized carbons (Fsp3) is 0.318. The number of anilines is 2. The standard InChI is InChI=1S/C22H27N5O4S/c1-7-15(17-10-13(4)11-31-17)23-20-21(26-32(30)25-20)24-16-9-8-14(12(2)3)18(19(16)28)22(29)27(5)6/h8-11,15,28H,2,7H2,1,3-6H3,(H,23,25)(H,24,26)/t15-,32?/m1/s1. The van der Waals surface area contributed by atoms with Crippen molar-refractivity contribution in [3.05, 3.63) is 59.0 Å². The number of phenolic OH excluding ortho intramolecular Hbond substituents is 1. The third-order valence-corrected chi connectivity index (χ3v) is 5.56. The maximum atomic E-state index is 12.7. The van der Waals surface area contributed by atoms with Crippen LogP contribution in [0, 0.1) is 6.92 Å². The fourth-order valence-electron chi connectivity index (χ4n) is 3.20. The van der Waals surface area contributed by atoms with Gasteiger partial charge < -0.3 is 24.3 Å². The van der Waals surface area contributed by atoms with Crippen LogP contribution in [0.5, 0.6) is 5.75 Å². The predicted octanol–water partition coefficient (Wildman–Crippen LogP) is 4.27. The van der Waals surface area contributed by atoms with Gasteiger partial charge in [-0.05, 0) is 43.5 Å². The minimum Gasteiger partial charge on any atom is -0.548 e. The molecule has 0 radical (unpaired) electrons. The Morgan fingerprint density at radius 3 is 2.75 bits per heavy atom. The Bertz CT molecular complexity index is 1220. The molecule has 0 aliphatic heterocycles. The van der Waals surface area contributed by atoms with Crippen molar-refractivity contribution in [3.63, 3.8) is 0 Å². The summed E-state index contributed by atoms with van der Waals surface area (Å²) >= 11 is -1.72. The predicted molar refractivity (Wildman–Crippen MR) is 123 cm³/mol. The molecule has 3 aromatic rings. The van der Waals surface area contributed by atoms with Crippen molar-refractivity contribution in [2.45, 2.75) is 33.2 Å². The molecule has 3 N–H and O–H groups in total. The summed E-state index contributed by atoms with van der Waals surface area (Å²) in [6.07, 6.45) is 2.30. The maximum Gasteiger partial charge on any atom is 0.257 e. The fourth-order valence-corrected chi connectivity index (χ4v) is 3.86. The number of phenols is 1. The molecule has 2 atom stereocenters. The second-order valence-corrected chi connectivity index (χ2v) is 8.59. The van der Waals surface area contributed by atoms with Crippen LogP contribution in [0.2, 0.25) is 0 Å². The Hall–Kier alpha value is -3.37. The third kappa shape index (κ3) is 4.76. The Labute approximate surface area is 189 Å². The zero-order valence-electron chi connectivity index (χ0n) is 18.7. The topological polar surface area (TPSA) is 130 Å². The summed E-state index contributed by atoms with van der Waals surface area (Å²) in [5, 5.41) is 13.9. The van der Waals surface area contributed by atoms with Gasteiger partial charge in [-0.3, -0.25) is 4.79 Å². The first-order valence-corrected chi connectivity index (χ1v) is 11.1. The molecule has 170 valence electrons. The largest absolute Gasteiger partial charge is 0.548 e. The first-order chi connectivity index (χ1) is 15.1. The van der Waals surface area contributed by atoms with E-state index in [1.807, 2.05) is 19.9 Å². The van der Waals surface area contributed by atoms with Gasteiger partial charge in [0.15, 0.2) is 16.9 Å². The van der Waals surface area contributed by atoms with Crippen LogP contribution in [-0.2, 0) is 0 Å². The number of hydrogen-bond donors (Lipinski definition) is 3. The molecular formula is C22H27N5O4S. The molecule has 0 bridgehead atoms. The molecule has 10 heteroatoms. The number of furan rings is 1. The van der Waals surface area contributed by atoms with Gasteiger partial charge in [-0.1, -0.05) is 25.1 Å². The Morgan fingerprint density at radius 2 is 2.19 bits per heavy atom. The first kappa shape index (κ1) is 23.3. The van der Waals surface area contributed by atoms with Crippen LogP contribution in [0.1, 0.15) is 53.6 Å². The van der Waals surface area contributed by atoms with E-state index in [1.54, 1.807) is 39.4 Å². The molecule has 2 aromatic heterocycles. The van der Waals surface area contributed by atoms with Gasteiger partial charge in [0.2, 0.25) is 11.3 Å². The van der Waals surface area contributed by atoms with Crippen molar-refractivity contribution in [1.82, 2.24) is 13.6 Å². The summed E-state index contributed by atoms with van der Waals surface area (Å²) in [5.41, 5.74) is 2.78. The van der Waals surface area contributed by atoms with E-state index in [-0.39, 0.29) is 40.3 Å². The number of aromatic nitrogens is 2. The highest BCUT2D eigenvalue weighted by atomic mass is 32.2. The number of hydrogen-bond acceptors (Lipinski definition) is 7. The van der Waals surface area contributed by atoms with Crippen LogP contribution in [-0.4, -0.2) is 43.3 Å². The number of carbonyl (C=O) groups is 1. The van der Waals surface area contributed by atoms with E-state index in [0.717, 1.165) is 5.56 Å². The summed E-state index contributed by atoms with van der Waals surface area (Å²) in [5.74, 6) is 0.250. The first-order valence-electron chi connectivity index (χ1n) is 10.0. The number of H-pyrrole nitrogens is 1. The van der Waals surface area contributed by atoms with E-state index < -0.39 is 11.1 Å². The van der Waals surface area contributed by atoms with Gasteiger partial charge in [0.05, 0.1) is 17.5 Å². The van der Waals surface area contributed by atoms with Crippen LogP contribution in [0.4, 0.5) is 11.5 Å². The highest BCUT2D eigenvalue weighted by Crippen LogP contribution is 2.35. The maximum absolute atomic E-state index is 12.7. The van der Waals surface area contributed by atoms with Crippen molar-refractivity contribution in [2.75, 3.05) is 19.4 Å². The van der Waals surface area contributed by atoms with Crippen LogP contribution in [0.25, 0.3) is 5.57 Å². The SMILES string of the molecule is C=C(C)c1ccc(Nc2n[s+]([O-])[nH]c2=N[C@H](CC)c2cc(C)co2)c(O)c1C(=O)N(C)C. The van der Waals surface area contributed by atoms with E-state index >= 15 is 0 Å². The van der Waals surface area contributed by atoms with Crippen molar-refractivity contribution >= 4 is 34.1 Å². The molecule has 0 aliphatic carbocycles. The van der Waals surface area contributed by atoms with Gasteiger partial charge in [-0.25, -0.2) is 4.99 Å². The molecule has 3 rings (SSSR count). The van der Waals surface area contributed by atoms with E-state index in [1.165, 1.54) is 4.90 Å². The minimum absolute atomic E-state index is 0.121. The van der Waals surface area contributed by atoms with E-state index in [4.69, 9.17) is 4.42 Å². The number of amides is 1. The molecule has 2 heterocycles. The number of aromatic hydroxyl groups is 1. The normalized spacial score (nSPS) is 13.2. The average Bonchev–Trinajstić information content (AvgIpc) is 3.31. The summed E-state index contributed by atoms with van der Waals surface area (Å²) in [7, 11) is 3.20. The Balaban J connectivity index is 2.06. The Kier molecular flexibility index (Phi) is 6.85. The Morgan fingerprint density at radius 1 is 1.47 bits per heavy atom. The molecule has 1 unspecified atom stereocenters. The smallest absolute Gasteiger partial charge is 0.257 e. The highest BCUT2D eigenvalue weighted by Gasteiger charge is 2.23. The van der Waals surface area contributed by atoms with Crippen LogP contribution in [0.3, 0.4) is 0 Å². The molecule has 0 fully saturated rings. The second-order valence-electron chi connectivity index (χ2n) is 7.71. The molecule has 0 aliphatic rings. The third-order valence-electron chi connectivity index (χ3n) is 4.84. The lowest BCUT2D eigenvalue weighted by Crippen LogP contribution is -2.23. The van der Waals surface area contributed by atoms with Crippen molar-refractivity contribution < 1.29 is 18.9 Å². The highest BCUT2D eigenvalue weighted by molar-refractivity contribution is 7.13. The van der Waals surface area contributed by atoms with Gasteiger partial charge in [0.25, 0.3) is 5.91 Å². The van der Waals surface area contributed by atoms with Gasteiger partial charge in [-0.15, -0.1) is 4.37 Å². The zero-order chi connectivity index (χ0) is 23.6. The monoisotopic (exact) mass is 457 g/mol. The number of aryl methyl sites for hydroxylation is 1. The second kappa shape index (κ2) is 9.41. The summed E-state index contributed by atoms with van der Waals surface area (Å²) in [6.45, 7) is 9.54. The van der Waals surface area contributed by atoms with Gasteiger partial charge in [0.1, 0.15) is 11.8 Å². The lowest BCUT2D eigenvalue weighted by molar-refractivity contribution is 0.0824. The van der Waals surface area contributed by atoms with Gasteiger partial charge in [-0.2, -0.15) is 0 Å². The van der Waals surface area contributed by atoms with Gasteiger partial charge in [0, 0.05) is 18.5 Å². The van der Waals surface area contributed by atoms with Crippen LogP contribution in [0.15, 0.2) is 40.5 Å². The molecule has 0 saturated heterocycles. The number of aromatic amines is 1. The van der Waals surface area contributed by atoms with E-state index in [9.17, 15) is 14.5 Å². The van der Waals surface area contributed by atoms with Crippen LogP contribution >= 0.6 is 11.1 Å². The number of carbonyl (C=O) groups excluding carboxylic acids is 1. The molecule has 0 spiro atoms. The number of nitrogens with one attached hydrogen (secondary N) is 2. The summed E-state index contributed by atoms with van der Waals surface area (Å²) < 4.78 is 24.4. The molecular weight excluding hydrogens is 430 g/mol. The summed E-state index contributed by atoms with van der Waals surface area (Å²) in [6, 6.07) is 4.90. The lowest BCUT2D eigenvalue weighted by Gasteiger charge is -2.17. The van der Waals surface area contributed by atoms with Crippen molar-refractivity contribution in [3.8, 4) is 5.75 Å². The molecule has 1 amide bonds. The van der Waals surface area contributed by atoms with Crippen molar-refractivity contribution in [1.29, 1.82) is 0 Å². The molecule has 0 saturated carbocycles. The minimum atomic E-state index is -1.72. The zero-order valence-corrected chi connectivity index (χ0v) is 19.5. The summed E-state index contributed by atoms with van der Waals surface area (Å²) in [4.78, 5) is 18.7. The van der Waals surface area contributed by atoms with Gasteiger partial charge >= 0.3 is 0 Å². The van der Waals surface area contributed by atoms with E-state index in [0.29, 0.717) is 23.3 Å². The van der Waals surface area contributed by atoms with E-state index in [2.05, 4.69) is 25.6 Å². The number of benzene rings is 1. The molecule has 9 nitrogen and oxygen atoms in total. The molecule has 32 heavy (non-hydrogen) atoms. The van der Waals surface area contributed by atoms with Crippen molar-refractivity contribution in [2.24, 2.45) is 4.99 Å².